The van der Waals surface area contributed by atoms with Gasteiger partial charge in [0.2, 0.25) is 0 Å². The van der Waals surface area contributed by atoms with E-state index in [4.69, 9.17) is 0 Å². The molecule has 4 rings (SSSR count). The number of H-pyrrole nitrogens is 1. The van der Waals surface area contributed by atoms with Crippen molar-refractivity contribution in [1.29, 1.82) is 0 Å². The number of pyridine rings is 1. The van der Waals surface area contributed by atoms with Crippen molar-refractivity contribution >= 4 is 9.84 Å². The first-order valence-electron chi connectivity index (χ1n) is 9.02. The van der Waals surface area contributed by atoms with Crippen LogP contribution in [0.2, 0.25) is 0 Å². The van der Waals surface area contributed by atoms with E-state index in [0.717, 1.165) is 16.7 Å². The molecule has 0 radical (unpaired) electrons. The number of nitrogens with one attached hydrogen (secondary N) is 1. The second-order valence-corrected chi connectivity index (χ2v) is 9.14. The van der Waals surface area contributed by atoms with E-state index in [-0.39, 0.29) is 17.1 Å². The summed E-state index contributed by atoms with van der Waals surface area (Å²) in [4.78, 5) is 25.6. The molecule has 0 bridgehead atoms. The van der Waals surface area contributed by atoms with Gasteiger partial charge in [0.25, 0.3) is 5.56 Å². The average molecular weight is 396 g/mol. The Morgan fingerprint density at radius 3 is 2.32 bits per heavy atom. The summed E-state index contributed by atoms with van der Waals surface area (Å²) in [6.07, 6.45) is 3.33. The summed E-state index contributed by atoms with van der Waals surface area (Å²) >= 11 is 0. The van der Waals surface area contributed by atoms with Crippen molar-refractivity contribution < 1.29 is 8.42 Å². The summed E-state index contributed by atoms with van der Waals surface area (Å²) in [6, 6.07) is 12.9. The maximum absolute atomic E-state index is 12.1. The van der Waals surface area contributed by atoms with Crippen molar-refractivity contribution in [2.75, 3.05) is 24.6 Å². The minimum Gasteiger partial charge on any atom is -0.306 e. The van der Waals surface area contributed by atoms with Crippen LogP contribution in [0.3, 0.4) is 0 Å². The molecule has 3 heterocycles. The number of nitrogens with zero attached hydrogens (tertiary/aromatic N) is 3. The van der Waals surface area contributed by atoms with Gasteiger partial charge in [-0.25, -0.2) is 13.4 Å². The van der Waals surface area contributed by atoms with Crippen molar-refractivity contribution in [3.05, 3.63) is 70.8 Å². The molecule has 1 aliphatic rings. The van der Waals surface area contributed by atoms with Gasteiger partial charge in [-0.3, -0.25) is 14.7 Å². The van der Waals surface area contributed by atoms with Crippen molar-refractivity contribution in [3.8, 4) is 22.6 Å². The third kappa shape index (κ3) is 4.35. The quantitative estimate of drug-likeness (QED) is 0.722. The third-order valence-corrected chi connectivity index (χ3v) is 6.40. The zero-order valence-corrected chi connectivity index (χ0v) is 16.0. The van der Waals surface area contributed by atoms with E-state index in [2.05, 4.69) is 19.9 Å². The van der Waals surface area contributed by atoms with Crippen molar-refractivity contribution in [1.82, 2.24) is 19.9 Å². The lowest BCUT2D eigenvalue weighted by Crippen LogP contribution is -2.39. The summed E-state index contributed by atoms with van der Waals surface area (Å²) in [5, 5.41) is 0. The number of sulfone groups is 1. The van der Waals surface area contributed by atoms with E-state index in [1.165, 1.54) is 6.07 Å². The van der Waals surface area contributed by atoms with Crippen LogP contribution in [0.25, 0.3) is 22.6 Å². The Kier molecular flexibility index (Phi) is 5.06. The molecule has 0 amide bonds. The molecule has 28 heavy (non-hydrogen) atoms. The Morgan fingerprint density at radius 1 is 0.964 bits per heavy atom. The molecule has 144 valence electrons. The van der Waals surface area contributed by atoms with Crippen LogP contribution in [0.15, 0.2) is 59.7 Å². The number of hydrogen-bond donors (Lipinski definition) is 1. The zero-order valence-electron chi connectivity index (χ0n) is 15.2. The SMILES string of the molecule is O=c1cc(-c2ccncc2)nc(-c2ccc(CN3CCS(=O)(=O)CC3)cc2)[nH]1. The second-order valence-electron chi connectivity index (χ2n) is 6.84. The molecule has 1 fully saturated rings. The Balaban J connectivity index is 1.53. The first-order valence-corrected chi connectivity index (χ1v) is 10.8. The lowest BCUT2D eigenvalue weighted by Gasteiger charge is -2.26. The molecule has 0 atom stereocenters. The van der Waals surface area contributed by atoms with Crippen molar-refractivity contribution in [2.24, 2.45) is 0 Å². The fourth-order valence-electron chi connectivity index (χ4n) is 3.20. The molecular formula is C20H20N4O3S. The highest BCUT2D eigenvalue weighted by molar-refractivity contribution is 7.91. The van der Waals surface area contributed by atoms with Gasteiger partial charge in [0.1, 0.15) is 5.82 Å². The molecule has 1 N–H and O–H groups in total. The van der Waals surface area contributed by atoms with Gasteiger partial charge >= 0.3 is 0 Å². The highest BCUT2D eigenvalue weighted by atomic mass is 32.2. The summed E-state index contributed by atoms with van der Waals surface area (Å²) in [5.41, 5.74) is 3.13. The van der Waals surface area contributed by atoms with Crippen LogP contribution in [0, 0.1) is 0 Å². The fraction of sp³-hybridized carbons (Fsp3) is 0.250. The topological polar surface area (TPSA) is 96.0 Å². The lowest BCUT2D eigenvalue weighted by atomic mass is 10.1. The normalized spacial score (nSPS) is 16.7. The summed E-state index contributed by atoms with van der Waals surface area (Å²) in [5.74, 6) is 0.950. The molecule has 0 spiro atoms. The van der Waals surface area contributed by atoms with Gasteiger partial charge in [-0.2, -0.15) is 0 Å². The van der Waals surface area contributed by atoms with Gasteiger partial charge in [-0.1, -0.05) is 24.3 Å². The van der Waals surface area contributed by atoms with Crippen LogP contribution in [0.1, 0.15) is 5.56 Å². The van der Waals surface area contributed by atoms with E-state index in [0.29, 0.717) is 31.2 Å². The maximum atomic E-state index is 12.1. The largest absolute Gasteiger partial charge is 0.306 e. The van der Waals surface area contributed by atoms with E-state index in [9.17, 15) is 13.2 Å². The minimum absolute atomic E-state index is 0.213. The number of aromatic nitrogens is 3. The Morgan fingerprint density at radius 2 is 1.64 bits per heavy atom. The Hall–Kier alpha value is -2.84. The van der Waals surface area contributed by atoms with Crippen LogP contribution < -0.4 is 5.56 Å². The fourth-order valence-corrected chi connectivity index (χ4v) is 4.48. The highest BCUT2D eigenvalue weighted by Crippen LogP contribution is 2.20. The molecule has 0 unspecified atom stereocenters. The second kappa shape index (κ2) is 7.65. The van der Waals surface area contributed by atoms with Crippen molar-refractivity contribution in [3.63, 3.8) is 0 Å². The van der Waals surface area contributed by atoms with Gasteiger partial charge in [0, 0.05) is 49.2 Å². The summed E-state index contributed by atoms with van der Waals surface area (Å²) < 4.78 is 23.1. The van der Waals surface area contributed by atoms with E-state index in [1.54, 1.807) is 12.4 Å². The predicted molar refractivity (Wildman–Crippen MR) is 107 cm³/mol. The Bertz CT molecular complexity index is 1110. The molecule has 1 aliphatic heterocycles. The van der Waals surface area contributed by atoms with Crippen molar-refractivity contribution in [2.45, 2.75) is 6.54 Å². The smallest absolute Gasteiger partial charge is 0.251 e. The van der Waals surface area contributed by atoms with Crippen LogP contribution in [-0.4, -0.2) is 52.9 Å². The maximum Gasteiger partial charge on any atom is 0.251 e. The molecule has 0 saturated carbocycles. The van der Waals surface area contributed by atoms with E-state index < -0.39 is 9.84 Å². The zero-order chi connectivity index (χ0) is 19.6. The molecular weight excluding hydrogens is 376 g/mol. The summed E-state index contributed by atoms with van der Waals surface area (Å²) in [7, 11) is -2.87. The molecule has 1 aromatic carbocycles. The minimum atomic E-state index is -2.87. The van der Waals surface area contributed by atoms with Crippen LogP contribution in [-0.2, 0) is 16.4 Å². The number of aromatic amines is 1. The molecule has 0 aliphatic carbocycles. The first-order chi connectivity index (χ1) is 13.5. The van der Waals surface area contributed by atoms with Gasteiger partial charge in [0.15, 0.2) is 9.84 Å². The van der Waals surface area contributed by atoms with E-state index >= 15 is 0 Å². The Labute approximate surface area is 163 Å². The number of hydrogen-bond acceptors (Lipinski definition) is 6. The monoisotopic (exact) mass is 396 g/mol. The van der Waals surface area contributed by atoms with Gasteiger partial charge in [-0.15, -0.1) is 0 Å². The third-order valence-electron chi connectivity index (χ3n) is 4.79. The first kappa shape index (κ1) is 18.5. The average Bonchev–Trinajstić information content (AvgIpc) is 2.70. The lowest BCUT2D eigenvalue weighted by molar-refractivity contribution is 0.287. The number of rotatable bonds is 4. The molecule has 3 aromatic rings. The molecule has 2 aromatic heterocycles. The van der Waals surface area contributed by atoms with Crippen LogP contribution in [0.4, 0.5) is 0 Å². The highest BCUT2D eigenvalue weighted by Gasteiger charge is 2.21. The standard InChI is InChI=1S/C20H20N4O3S/c25-19-13-18(16-5-7-21-8-6-16)22-20(23-19)17-3-1-15(2-4-17)14-24-9-11-28(26,27)12-10-24/h1-8,13H,9-12,14H2,(H,22,23,25). The van der Waals surface area contributed by atoms with Crippen LogP contribution in [0.5, 0.6) is 0 Å². The van der Waals surface area contributed by atoms with Gasteiger partial charge < -0.3 is 4.98 Å². The van der Waals surface area contributed by atoms with Gasteiger partial charge in [0.05, 0.1) is 17.2 Å². The molecule has 7 nitrogen and oxygen atoms in total. The molecule has 8 heteroatoms. The van der Waals surface area contributed by atoms with Gasteiger partial charge in [-0.05, 0) is 17.7 Å². The molecule has 1 saturated heterocycles. The number of benzene rings is 1. The summed E-state index contributed by atoms with van der Waals surface area (Å²) in [6.45, 7) is 1.83. The predicted octanol–water partition coefficient (Wildman–Crippen LogP) is 1.73. The van der Waals surface area contributed by atoms with Crippen LogP contribution >= 0.6 is 0 Å². The van der Waals surface area contributed by atoms with E-state index in [1.807, 2.05) is 36.4 Å².